The van der Waals surface area contributed by atoms with Gasteiger partial charge in [0.1, 0.15) is 17.7 Å². The molecule has 0 saturated carbocycles. The Morgan fingerprint density at radius 1 is 1.05 bits per heavy atom. The van der Waals surface area contributed by atoms with Gasteiger partial charge in [0, 0.05) is 4.47 Å². The molecule has 0 atom stereocenters. The molecule has 0 aliphatic rings. The van der Waals surface area contributed by atoms with Crippen molar-refractivity contribution in [2.45, 2.75) is 0 Å². The molecule has 0 aliphatic carbocycles. The third-order valence-corrected chi connectivity index (χ3v) is 2.95. The van der Waals surface area contributed by atoms with Crippen LogP contribution in [0.1, 0.15) is 0 Å². The third-order valence-electron chi connectivity index (χ3n) is 2.42. The standard InChI is InChI=1S/C15H12BrNO3/c1-19-13-8-4-12(5-9-13)17-10-15(18)20-14-6-2-11(16)3-7-14/h2-10H,1H3. The second kappa shape index (κ2) is 6.86. The molecule has 5 heteroatoms. The van der Waals surface area contributed by atoms with Crippen LogP contribution in [0.4, 0.5) is 5.69 Å². The minimum atomic E-state index is -0.525. The van der Waals surface area contributed by atoms with E-state index in [1.54, 1.807) is 55.6 Å². The number of esters is 1. The molecule has 0 heterocycles. The summed E-state index contributed by atoms with van der Waals surface area (Å²) in [5.74, 6) is 0.684. The molecule has 0 bridgehead atoms. The number of halogens is 1. The molecule has 4 nitrogen and oxygen atoms in total. The highest BCUT2D eigenvalue weighted by atomic mass is 79.9. The number of hydrogen-bond acceptors (Lipinski definition) is 4. The topological polar surface area (TPSA) is 47.9 Å². The van der Waals surface area contributed by atoms with E-state index >= 15 is 0 Å². The van der Waals surface area contributed by atoms with Crippen LogP contribution in [0.3, 0.4) is 0 Å². The van der Waals surface area contributed by atoms with E-state index < -0.39 is 5.97 Å². The summed E-state index contributed by atoms with van der Waals surface area (Å²) in [5, 5.41) is 0. The van der Waals surface area contributed by atoms with Gasteiger partial charge in [-0.3, -0.25) is 0 Å². The van der Waals surface area contributed by atoms with E-state index in [0.29, 0.717) is 11.4 Å². The van der Waals surface area contributed by atoms with Gasteiger partial charge in [-0.2, -0.15) is 0 Å². The van der Waals surface area contributed by atoms with Crippen molar-refractivity contribution in [1.29, 1.82) is 0 Å². The lowest BCUT2D eigenvalue weighted by atomic mass is 10.3. The minimum Gasteiger partial charge on any atom is -0.497 e. The van der Waals surface area contributed by atoms with Gasteiger partial charge in [0.25, 0.3) is 0 Å². The van der Waals surface area contributed by atoms with E-state index in [1.807, 2.05) is 0 Å². The maximum Gasteiger partial charge on any atom is 0.354 e. The Morgan fingerprint density at radius 2 is 1.65 bits per heavy atom. The lowest BCUT2D eigenvalue weighted by molar-refractivity contribution is -0.126. The Morgan fingerprint density at radius 3 is 2.25 bits per heavy atom. The average molecular weight is 334 g/mol. The summed E-state index contributed by atoms with van der Waals surface area (Å²) in [5.41, 5.74) is 0.651. The maximum absolute atomic E-state index is 11.6. The minimum absolute atomic E-state index is 0.472. The summed E-state index contributed by atoms with van der Waals surface area (Å²) in [6, 6.07) is 14.0. The summed E-state index contributed by atoms with van der Waals surface area (Å²) in [6.07, 6.45) is 1.14. The zero-order valence-electron chi connectivity index (χ0n) is 10.7. The number of nitrogens with zero attached hydrogens (tertiary/aromatic N) is 1. The zero-order valence-corrected chi connectivity index (χ0v) is 12.3. The smallest absolute Gasteiger partial charge is 0.354 e. The summed E-state index contributed by atoms with van der Waals surface area (Å²) >= 11 is 3.31. The summed E-state index contributed by atoms with van der Waals surface area (Å²) in [7, 11) is 1.59. The molecular weight excluding hydrogens is 322 g/mol. The molecule has 0 N–H and O–H groups in total. The molecule has 0 unspecified atom stereocenters. The van der Waals surface area contributed by atoms with E-state index in [-0.39, 0.29) is 0 Å². The molecule has 0 saturated heterocycles. The van der Waals surface area contributed by atoms with Crippen molar-refractivity contribution in [1.82, 2.24) is 0 Å². The van der Waals surface area contributed by atoms with Gasteiger partial charge in [0.05, 0.1) is 12.8 Å². The highest BCUT2D eigenvalue weighted by Gasteiger charge is 2.01. The molecule has 0 amide bonds. The number of aliphatic imine (C=N–C) groups is 1. The number of hydrogen-bond donors (Lipinski definition) is 0. The van der Waals surface area contributed by atoms with Crippen molar-refractivity contribution in [3.8, 4) is 11.5 Å². The predicted molar refractivity (Wildman–Crippen MR) is 80.9 cm³/mol. The Kier molecular flexibility index (Phi) is 4.90. The summed E-state index contributed by atoms with van der Waals surface area (Å²) in [4.78, 5) is 15.6. The van der Waals surface area contributed by atoms with Crippen LogP contribution in [0, 0.1) is 0 Å². The third kappa shape index (κ3) is 4.20. The highest BCUT2D eigenvalue weighted by molar-refractivity contribution is 9.10. The summed E-state index contributed by atoms with van der Waals surface area (Å²) in [6.45, 7) is 0. The first kappa shape index (κ1) is 14.3. The Labute approximate surface area is 125 Å². The van der Waals surface area contributed by atoms with Crippen LogP contribution < -0.4 is 9.47 Å². The van der Waals surface area contributed by atoms with Crippen LogP contribution in [0.2, 0.25) is 0 Å². The molecule has 0 aromatic heterocycles. The van der Waals surface area contributed by atoms with Crippen LogP contribution >= 0.6 is 15.9 Å². The van der Waals surface area contributed by atoms with Gasteiger partial charge < -0.3 is 9.47 Å². The molecular formula is C15H12BrNO3. The van der Waals surface area contributed by atoms with Gasteiger partial charge in [0.2, 0.25) is 0 Å². The lowest BCUT2D eigenvalue weighted by Crippen LogP contribution is -2.08. The molecule has 0 fully saturated rings. The summed E-state index contributed by atoms with van der Waals surface area (Å²) < 4.78 is 11.1. The van der Waals surface area contributed by atoms with Crippen molar-refractivity contribution >= 4 is 33.8 Å². The lowest BCUT2D eigenvalue weighted by Gasteiger charge is -2.01. The predicted octanol–water partition coefficient (Wildman–Crippen LogP) is 3.77. The van der Waals surface area contributed by atoms with Crippen molar-refractivity contribution in [3.63, 3.8) is 0 Å². The van der Waals surface area contributed by atoms with Crippen molar-refractivity contribution in [2.75, 3.05) is 7.11 Å². The van der Waals surface area contributed by atoms with Crippen molar-refractivity contribution in [3.05, 3.63) is 53.0 Å². The Hall–Kier alpha value is -2.14. The molecule has 0 spiro atoms. The molecule has 102 valence electrons. The second-order valence-corrected chi connectivity index (χ2v) is 4.75. The molecule has 2 aromatic rings. The van der Waals surface area contributed by atoms with Gasteiger partial charge in [0.15, 0.2) is 0 Å². The van der Waals surface area contributed by atoms with Crippen LogP contribution in [0.25, 0.3) is 0 Å². The van der Waals surface area contributed by atoms with E-state index in [1.165, 1.54) is 0 Å². The van der Waals surface area contributed by atoms with E-state index in [4.69, 9.17) is 9.47 Å². The number of carbonyl (C=O) groups is 1. The number of carbonyl (C=O) groups excluding carboxylic acids is 1. The Bertz CT molecular complexity index is 606. The first-order valence-corrected chi connectivity index (χ1v) is 6.62. The zero-order chi connectivity index (χ0) is 14.4. The molecule has 20 heavy (non-hydrogen) atoms. The Balaban J connectivity index is 1.96. The van der Waals surface area contributed by atoms with Gasteiger partial charge >= 0.3 is 5.97 Å². The average Bonchev–Trinajstić information content (AvgIpc) is 2.48. The fraction of sp³-hybridized carbons (Fsp3) is 0.0667. The fourth-order valence-corrected chi connectivity index (χ4v) is 1.71. The van der Waals surface area contributed by atoms with Crippen LogP contribution in [-0.2, 0) is 4.79 Å². The van der Waals surface area contributed by atoms with E-state index in [9.17, 15) is 4.79 Å². The maximum atomic E-state index is 11.6. The van der Waals surface area contributed by atoms with Gasteiger partial charge in [-0.25, -0.2) is 9.79 Å². The monoisotopic (exact) mass is 333 g/mol. The van der Waals surface area contributed by atoms with E-state index in [0.717, 1.165) is 16.4 Å². The van der Waals surface area contributed by atoms with Crippen LogP contribution in [-0.4, -0.2) is 19.3 Å². The highest BCUT2D eigenvalue weighted by Crippen LogP contribution is 2.18. The number of rotatable bonds is 4. The fourth-order valence-electron chi connectivity index (χ4n) is 1.44. The SMILES string of the molecule is COc1ccc(N=CC(=O)Oc2ccc(Br)cc2)cc1. The molecule has 0 radical (unpaired) electrons. The van der Waals surface area contributed by atoms with Gasteiger partial charge in [-0.1, -0.05) is 15.9 Å². The number of benzene rings is 2. The first-order valence-electron chi connectivity index (χ1n) is 5.83. The normalized spacial score (nSPS) is 10.5. The molecule has 0 aliphatic heterocycles. The number of ether oxygens (including phenoxy) is 2. The molecule has 2 rings (SSSR count). The van der Waals surface area contributed by atoms with Crippen molar-refractivity contribution < 1.29 is 14.3 Å². The number of methoxy groups -OCH3 is 1. The quantitative estimate of drug-likeness (QED) is 0.486. The van der Waals surface area contributed by atoms with Crippen LogP contribution in [0.5, 0.6) is 11.5 Å². The first-order chi connectivity index (χ1) is 9.67. The van der Waals surface area contributed by atoms with E-state index in [2.05, 4.69) is 20.9 Å². The van der Waals surface area contributed by atoms with Crippen LogP contribution in [0.15, 0.2) is 58.0 Å². The second-order valence-electron chi connectivity index (χ2n) is 3.83. The largest absolute Gasteiger partial charge is 0.497 e. The molecule has 2 aromatic carbocycles. The van der Waals surface area contributed by atoms with Gasteiger partial charge in [-0.15, -0.1) is 0 Å². The van der Waals surface area contributed by atoms with Gasteiger partial charge in [-0.05, 0) is 48.5 Å². The van der Waals surface area contributed by atoms with Crippen molar-refractivity contribution in [2.24, 2.45) is 4.99 Å².